The van der Waals surface area contributed by atoms with Gasteiger partial charge in [0.25, 0.3) is 0 Å². The third-order valence-electron chi connectivity index (χ3n) is 10.2. The number of ether oxygens (including phenoxy) is 2. The lowest BCUT2D eigenvalue weighted by atomic mass is 10.0. The van der Waals surface area contributed by atoms with E-state index >= 15 is 0 Å². The summed E-state index contributed by atoms with van der Waals surface area (Å²) in [6.07, 6.45) is 43.8. The van der Waals surface area contributed by atoms with E-state index in [1.807, 2.05) is 0 Å². The van der Waals surface area contributed by atoms with Crippen LogP contribution in [0.15, 0.2) is 12.2 Å². The summed E-state index contributed by atoms with van der Waals surface area (Å²) in [6.45, 7) is 3.76. The van der Waals surface area contributed by atoms with Crippen LogP contribution >= 0.6 is 7.82 Å². The fourth-order valence-electron chi connectivity index (χ4n) is 6.69. The van der Waals surface area contributed by atoms with Gasteiger partial charge in [-0.05, 0) is 38.5 Å². The van der Waals surface area contributed by atoms with Crippen LogP contribution in [0, 0.1) is 0 Å². The number of esters is 2. The summed E-state index contributed by atoms with van der Waals surface area (Å²) in [6, 6.07) is 0. The zero-order valence-corrected chi connectivity index (χ0v) is 36.8. The molecule has 55 heavy (non-hydrogen) atoms. The molecule has 0 bridgehead atoms. The predicted molar refractivity (Wildman–Crippen MR) is 229 cm³/mol. The van der Waals surface area contributed by atoms with Gasteiger partial charge < -0.3 is 20.1 Å². The van der Waals surface area contributed by atoms with Crippen LogP contribution in [0.4, 0.5) is 0 Å². The Bertz CT molecular complexity index is 917. The number of allylic oxidation sites excluding steroid dienone is 2. The summed E-state index contributed by atoms with van der Waals surface area (Å²) in [5, 5.41) is 0. The number of nitrogens with two attached hydrogens (primary N) is 1. The fraction of sp³-hybridized carbons (Fsp3) is 0.911. The van der Waals surface area contributed by atoms with Crippen molar-refractivity contribution in [3.05, 3.63) is 12.2 Å². The minimum atomic E-state index is -4.37. The third-order valence-corrected chi connectivity index (χ3v) is 11.1. The number of phosphoric ester groups is 1. The Morgan fingerprint density at radius 1 is 0.527 bits per heavy atom. The molecule has 0 aliphatic carbocycles. The number of unbranched alkanes of at least 4 members (excludes halogenated alkanes) is 29. The quantitative estimate of drug-likeness (QED) is 0.0267. The summed E-state index contributed by atoms with van der Waals surface area (Å²) < 4.78 is 32.8. The van der Waals surface area contributed by atoms with Gasteiger partial charge in [-0.25, -0.2) is 4.57 Å². The van der Waals surface area contributed by atoms with Crippen molar-refractivity contribution >= 4 is 19.8 Å². The van der Waals surface area contributed by atoms with Crippen molar-refractivity contribution in [3.8, 4) is 0 Å². The maximum absolute atomic E-state index is 12.6. The third kappa shape index (κ3) is 42.2. The van der Waals surface area contributed by atoms with Crippen LogP contribution in [0.1, 0.15) is 232 Å². The van der Waals surface area contributed by atoms with Crippen molar-refractivity contribution in [1.29, 1.82) is 0 Å². The number of carbonyl (C=O) groups is 2. The number of hydrogen-bond donors (Lipinski definition) is 2. The Labute approximate surface area is 339 Å². The summed E-state index contributed by atoms with van der Waals surface area (Å²) in [4.78, 5) is 34.9. The molecule has 0 rings (SSSR count). The molecule has 0 aromatic heterocycles. The van der Waals surface area contributed by atoms with Crippen molar-refractivity contribution in [2.75, 3.05) is 26.4 Å². The minimum absolute atomic E-state index is 0.0553. The molecule has 10 heteroatoms. The first-order valence-electron chi connectivity index (χ1n) is 23.2. The predicted octanol–water partition coefficient (Wildman–Crippen LogP) is 13.4. The standard InChI is InChI=1S/C45H88NO8P/c1-3-5-7-9-11-13-15-17-19-20-21-22-24-26-28-30-32-34-36-38-45(48)54-43(42-53-55(49,50)52-40-39-46)41-51-44(47)37-35-33-31-29-27-25-23-18-16-14-12-10-8-6-4-2/h18,23,43H,3-17,19-22,24-42,46H2,1-2H3,(H,49,50). The lowest BCUT2D eigenvalue weighted by Crippen LogP contribution is -2.29. The van der Waals surface area contributed by atoms with E-state index in [1.54, 1.807) is 0 Å². The van der Waals surface area contributed by atoms with Gasteiger partial charge in [0.05, 0.1) is 13.2 Å². The van der Waals surface area contributed by atoms with Crippen LogP contribution in [0.25, 0.3) is 0 Å². The fourth-order valence-corrected chi connectivity index (χ4v) is 7.45. The van der Waals surface area contributed by atoms with E-state index in [4.69, 9.17) is 24.3 Å². The molecule has 0 aromatic carbocycles. The van der Waals surface area contributed by atoms with Gasteiger partial charge in [0.1, 0.15) is 6.61 Å². The highest BCUT2D eigenvalue weighted by Crippen LogP contribution is 2.43. The Kier molecular flexibility index (Phi) is 41.4. The van der Waals surface area contributed by atoms with Crippen LogP contribution in [0.3, 0.4) is 0 Å². The molecule has 0 radical (unpaired) electrons. The molecule has 0 heterocycles. The molecule has 0 aliphatic heterocycles. The summed E-state index contributed by atoms with van der Waals surface area (Å²) >= 11 is 0. The number of carbonyl (C=O) groups excluding carboxylic acids is 2. The van der Waals surface area contributed by atoms with E-state index in [0.717, 1.165) is 51.4 Å². The molecule has 0 saturated heterocycles. The Morgan fingerprint density at radius 2 is 0.891 bits per heavy atom. The largest absolute Gasteiger partial charge is 0.472 e. The minimum Gasteiger partial charge on any atom is -0.462 e. The van der Waals surface area contributed by atoms with Gasteiger partial charge in [-0.3, -0.25) is 18.6 Å². The van der Waals surface area contributed by atoms with Gasteiger partial charge in [-0.2, -0.15) is 0 Å². The van der Waals surface area contributed by atoms with Gasteiger partial charge >= 0.3 is 19.8 Å². The highest BCUT2D eigenvalue weighted by atomic mass is 31.2. The van der Waals surface area contributed by atoms with E-state index in [9.17, 15) is 19.0 Å². The van der Waals surface area contributed by atoms with Crippen molar-refractivity contribution in [3.63, 3.8) is 0 Å². The Morgan fingerprint density at radius 3 is 1.29 bits per heavy atom. The molecular weight excluding hydrogens is 713 g/mol. The van der Waals surface area contributed by atoms with E-state index < -0.39 is 26.5 Å². The van der Waals surface area contributed by atoms with E-state index in [1.165, 1.54) is 148 Å². The number of phosphoric acid groups is 1. The molecular formula is C45H88NO8P. The Hall–Kier alpha value is -1.25. The molecule has 0 saturated carbocycles. The molecule has 0 aliphatic rings. The first kappa shape index (κ1) is 53.8. The van der Waals surface area contributed by atoms with Crippen molar-refractivity contribution in [2.45, 2.75) is 238 Å². The summed E-state index contributed by atoms with van der Waals surface area (Å²) in [7, 11) is -4.37. The van der Waals surface area contributed by atoms with Gasteiger partial charge in [0.15, 0.2) is 6.10 Å². The van der Waals surface area contributed by atoms with Crippen molar-refractivity contribution in [1.82, 2.24) is 0 Å². The smallest absolute Gasteiger partial charge is 0.462 e. The molecule has 0 spiro atoms. The Balaban J connectivity index is 4.08. The van der Waals surface area contributed by atoms with Crippen LogP contribution in [0.2, 0.25) is 0 Å². The maximum Gasteiger partial charge on any atom is 0.472 e. The molecule has 2 unspecified atom stereocenters. The first-order valence-corrected chi connectivity index (χ1v) is 24.7. The van der Waals surface area contributed by atoms with E-state index in [0.29, 0.717) is 6.42 Å². The molecule has 3 N–H and O–H groups in total. The maximum atomic E-state index is 12.6. The van der Waals surface area contributed by atoms with Crippen LogP contribution in [-0.4, -0.2) is 49.3 Å². The number of rotatable bonds is 44. The molecule has 2 atom stereocenters. The zero-order valence-electron chi connectivity index (χ0n) is 35.9. The highest BCUT2D eigenvalue weighted by molar-refractivity contribution is 7.47. The highest BCUT2D eigenvalue weighted by Gasteiger charge is 2.26. The van der Waals surface area contributed by atoms with Gasteiger partial charge in [-0.15, -0.1) is 0 Å². The molecule has 0 amide bonds. The second-order valence-electron chi connectivity index (χ2n) is 15.6. The normalized spacial score (nSPS) is 13.3. The molecule has 9 nitrogen and oxygen atoms in total. The van der Waals surface area contributed by atoms with Crippen molar-refractivity contribution in [2.24, 2.45) is 5.73 Å². The average Bonchev–Trinajstić information content (AvgIpc) is 3.17. The van der Waals surface area contributed by atoms with Gasteiger partial charge in [0.2, 0.25) is 0 Å². The first-order chi connectivity index (χ1) is 26.8. The lowest BCUT2D eigenvalue weighted by Gasteiger charge is -2.19. The van der Waals surface area contributed by atoms with Crippen LogP contribution < -0.4 is 5.73 Å². The topological polar surface area (TPSA) is 134 Å². The summed E-state index contributed by atoms with van der Waals surface area (Å²) in [5.74, 6) is -0.825. The SMILES string of the molecule is CCCCCCCCC=CCCCCCCCC(=O)OCC(COP(=O)(O)OCCN)OC(=O)CCCCCCCCCCCCCCCCCCCCC. The lowest BCUT2D eigenvalue weighted by molar-refractivity contribution is -0.161. The molecule has 0 aromatic rings. The van der Waals surface area contributed by atoms with E-state index in [2.05, 4.69) is 26.0 Å². The van der Waals surface area contributed by atoms with Crippen LogP contribution in [0.5, 0.6) is 0 Å². The molecule has 326 valence electrons. The number of hydrogen-bond acceptors (Lipinski definition) is 8. The second-order valence-corrected chi connectivity index (χ2v) is 17.1. The van der Waals surface area contributed by atoms with E-state index in [-0.39, 0.29) is 38.6 Å². The van der Waals surface area contributed by atoms with Crippen molar-refractivity contribution < 1.29 is 37.6 Å². The van der Waals surface area contributed by atoms with Gasteiger partial charge in [0, 0.05) is 19.4 Å². The zero-order chi connectivity index (χ0) is 40.3. The average molecular weight is 802 g/mol. The van der Waals surface area contributed by atoms with Gasteiger partial charge in [-0.1, -0.05) is 193 Å². The van der Waals surface area contributed by atoms with Crippen LogP contribution in [-0.2, 0) is 32.7 Å². The monoisotopic (exact) mass is 802 g/mol. The molecule has 0 fully saturated rings. The summed E-state index contributed by atoms with van der Waals surface area (Å²) in [5.41, 5.74) is 5.35. The second kappa shape index (κ2) is 42.4.